The van der Waals surface area contributed by atoms with Crippen LogP contribution in [0, 0.1) is 6.92 Å². The summed E-state index contributed by atoms with van der Waals surface area (Å²) in [5.41, 5.74) is 4.94. The molecule has 0 radical (unpaired) electrons. The molecular formula is C21H16ClN3O. The molecule has 0 spiro atoms. The SMILES string of the molecule is Cc1cccc2nc(-c3cccc(NC(=O)c4ccccc4Cl)c3)cn12. The minimum absolute atomic E-state index is 0.237. The van der Waals surface area contributed by atoms with Gasteiger partial charge in [0.1, 0.15) is 5.65 Å². The predicted octanol–water partition coefficient (Wildman–Crippen LogP) is 5.22. The summed E-state index contributed by atoms with van der Waals surface area (Å²) in [6, 6.07) is 20.6. The number of fused-ring (bicyclic) bond motifs is 1. The fourth-order valence-electron chi connectivity index (χ4n) is 2.89. The number of aromatic nitrogens is 2. The summed E-state index contributed by atoms with van der Waals surface area (Å²) in [5.74, 6) is -0.237. The van der Waals surface area contributed by atoms with Gasteiger partial charge in [-0.25, -0.2) is 4.98 Å². The van der Waals surface area contributed by atoms with Crippen LogP contribution in [0.25, 0.3) is 16.9 Å². The second kappa shape index (κ2) is 6.65. The molecule has 2 heterocycles. The average Bonchev–Trinajstić information content (AvgIpc) is 3.08. The number of anilines is 1. The summed E-state index contributed by atoms with van der Waals surface area (Å²) in [7, 11) is 0. The maximum atomic E-state index is 12.5. The standard InChI is InChI=1S/C21H16ClN3O/c1-14-6-4-11-20-24-19(13-25(14)20)15-7-5-8-16(12-15)23-21(26)17-9-2-3-10-18(17)22/h2-13H,1H3,(H,23,26). The maximum absolute atomic E-state index is 12.5. The van der Waals surface area contributed by atoms with Crippen LogP contribution in [0.5, 0.6) is 0 Å². The first-order valence-corrected chi connectivity index (χ1v) is 8.61. The van der Waals surface area contributed by atoms with E-state index in [1.54, 1.807) is 24.3 Å². The third-order valence-electron chi connectivity index (χ3n) is 4.23. The van der Waals surface area contributed by atoms with Gasteiger partial charge >= 0.3 is 0 Å². The van der Waals surface area contributed by atoms with Crippen molar-refractivity contribution in [1.29, 1.82) is 0 Å². The molecule has 0 aliphatic rings. The highest BCUT2D eigenvalue weighted by Gasteiger charge is 2.11. The Balaban J connectivity index is 1.65. The summed E-state index contributed by atoms with van der Waals surface area (Å²) in [5, 5.41) is 3.32. The Hall–Kier alpha value is -3.11. The lowest BCUT2D eigenvalue weighted by Crippen LogP contribution is -2.12. The normalized spacial score (nSPS) is 10.8. The molecule has 0 aliphatic heterocycles. The molecule has 2 aromatic heterocycles. The van der Waals surface area contributed by atoms with Gasteiger partial charge in [-0.2, -0.15) is 0 Å². The third-order valence-corrected chi connectivity index (χ3v) is 4.56. The molecule has 2 aromatic carbocycles. The molecule has 0 atom stereocenters. The van der Waals surface area contributed by atoms with E-state index < -0.39 is 0 Å². The zero-order valence-electron chi connectivity index (χ0n) is 14.1. The van der Waals surface area contributed by atoms with Gasteiger partial charge in [-0.05, 0) is 43.3 Å². The van der Waals surface area contributed by atoms with E-state index in [2.05, 4.69) is 10.3 Å². The molecule has 0 aliphatic carbocycles. The first-order chi connectivity index (χ1) is 12.6. The van der Waals surface area contributed by atoms with Crippen molar-refractivity contribution in [3.8, 4) is 11.3 Å². The lowest BCUT2D eigenvalue weighted by Gasteiger charge is -2.07. The van der Waals surface area contributed by atoms with E-state index in [1.165, 1.54) is 0 Å². The van der Waals surface area contributed by atoms with Crippen LogP contribution in [0.2, 0.25) is 5.02 Å². The van der Waals surface area contributed by atoms with Crippen LogP contribution in [0.4, 0.5) is 5.69 Å². The summed E-state index contributed by atoms with van der Waals surface area (Å²) in [4.78, 5) is 17.1. The van der Waals surface area contributed by atoms with E-state index in [0.717, 1.165) is 22.6 Å². The first-order valence-electron chi connectivity index (χ1n) is 8.23. The zero-order chi connectivity index (χ0) is 18.1. The quantitative estimate of drug-likeness (QED) is 0.544. The number of nitrogens with one attached hydrogen (secondary N) is 1. The molecule has 4 aromatic rings. The van der Waals surface area contributed by atoms with E-state index >= 15 is 0 Å². The molecule has 26 heavy (non-hydrogen) atoms. The van der Waals surface area contributed by atoms with Crippen LogP contribution in [0.15, 0.2) is 72.9 Å². The monoisotopic (exact) mass is 361 g/mol. The summed E-state index contributed by atoms with van der Waals surface area (Å²) < 4.78 is 2.05. The summed E-state index contributed by atoms with van der Waals surface area (Å²) in [6.45, 7) is 2.04. The number of hydrogen-bond acceptors (Lipinski definition) is 2. The van der Waals surface area contributed by atoms with Crippen molar-refractivity contribution in [2.24, 2.45) is 0 Å². The Morgan fingerprint density at radius 2 is 1.85 bits per heavy atom. The van der Waals surface area contributed by atoms with Gasteiger partial charge in [-0.3, -0.25) is 4.79 Å². The van der Waals surface area contributed by atoms with Crippen LogP contribution in [0.3, 0.4) is 0 Å². The minimum atomic E-state index is -0.237. The second-order valence-corrected chi connectivity index (χ2v) is 6.44. The predicted molar refractivity (Wildman–Crippen MR) is 105 cm³/mol. The zero-order valence-corrected chi connectivity index (χ0v) is 14.9. The van der Waals surface area contributed by atoms with Crippen LogP contribution >= 0.6 is 11.6 Å². The smallest absolute Gasteiger partial charge is 0.257 e. The average molecular weight is 362 g/mol. The maximum Gasteiger partial charge on any atom is 0.257 e. The van der Waals surface area contributed by atoms with E-state index in [4.69, 9.17) is 11.6 Å². The fourth-order valence-corrected chi connectivity index (χ4v) is 3.11. The lowest BCUT2D eigenvalue weighted by atomic mass is 10.1. The number of amides is 1. The first kappa shape index (κ1) is 16.4. The topological polar surface area (TPSA) is 46.4 Å². The number of rotatable bonds is 3. The Labute approximate surface area is 156 Å². The van der Waals surface area contributed by atoms with Gasteiger partial charge in [0.15, 0.2) is 0 Å². The molecule has 0 saturated carbocycles. The number of halogens is 1. The Bertz CT molecular complexity index is 1120. The van der Waals surface area contributed by atoms with Gasteiger partial charge in [0, 0.05) is 23.1 Å². The molecule has 0 unspecified atom stereocenters. The lowest BCUT2D eigenvalue weighted by molar-refractivity contribution is 0.102. The van der Waals surface area contributed by atoms with E-state index in [9.17, 15) is 4.79 Å². The van der Waals surface area contributed by atoms with E-state index in [0.29, 0.717) is 16.3 Å². The van der Waals surface area contributed by atoms with Gasteiger partial charge < -0.3 is 9.72 Å². The highest BCUT2D eigenvalue weighted by Crippen LogP contribution is 2.24. The van der Waals surface area contributed by atoms with Crippen LogP contribution in [-0.4, -0.2) is 15.3 Å². The van der Waals surface area contributed by atoms with Crippen molar-refractivity contribution in [1.82, 2.24) is 9.38 Å². The molecule has 4 nitrogen and oxygen atoms in total. The van der Waals surface area contributed by atoms with Gasteiger partial charge in [0.05, 0.1) is 16.3 Å². The second-order valence-electron chi connectivity index (χ2n) is 6.04. The number of hydrogen-bond donors (Lipinski definition) is 1. The van der Waals surface area contributed by atoms with Crippen LogP contribution in [0.1, 0.15) is 16.1 Å². The molecule has 128 valence electrons. The molecule has 0 fully saturated rings. The highest BCUT2D eigenvalue weighted by atomic mass is 35.5. The Morgan fingerprint density at radius 3 is 2.65 bits per heavy atom. The summed E-state index contributed by atoms with van der Waals surface area (Å²) >= 11 is 6.10. The van der Waals surface area contributed by atoms with Crippen molar-refractivity contribution in [3.05, 3.63) is 89.2 Å². The molecule has 1 N–H and O–H groups in total. The van der Waals surface area contributed by atoms with Gasteiger partial charge in [0.25, 0.3) is 5.91 Å². The fraction of sp³-hybridized carbons (Fsp3) is 0.0476. The summed E-state index contributed by atoms with van der Waals surface area (Å²) in [6.07, 6.45) is 2.00. The number of carbonyl (C=O) groups excluding carboxylic acids is 1. The van der Waals surface area contributed by atoms with Gasteiger partial charge in [0.2, 0.25) is 0 Å². The number of carbonyl (C=O) groups is 1. The van der Waals surface area contributed by atoms with E-state index in [1.807, 2.05) is 60.0 Å². The van der Waals surface area contributed by atoms with Crippen molar-refractivity contribution in [2.75, 3.05) is 5.32 Å². The third kappa shape index (κ3) is 3.07. The van der Waals surface area contributed by atoms with Crippen molar-refractivity contribution < 1.29 is 4.79 Å². The van der Waals surface area contributed by atoms with Gasteiger partial charge in [-0.15, -0.1) is 0 Å². The minimum Gasteiger partial charge on any atom is -0.322 e. The Kier molecular flexibility index (Phi) is 4.19. The van der Waals surface area contributed by atoms with Crippen molar-refractivity contribution in [2.45, 2.75) is 6.92 Å². The highest BCUT2D eigenvalue weighted by molar-refractivity contribution is 6.34. The number of nitrogens with zero attached hydrogens (tertiary/aromatic N) is 2. The largest absolute Gasteiger partial charge is 0.322 e. The molecule has 0 saturated heterocycles. The molecular weight excluding hydrogens is 346 g/mol. The Morgan fingerprint density at radius 1 is 1.04 bits per heavy atom. The van der Waals surface area contributed by atoms with Crippen LogP contribution < -0.4 is 5.32 Å². The number of pyridine rings is 1. The van der Waals surface area contributed by atoms with Crippen LogP contribution in [-0.2, 0) is 0 Å². The van der Waals surface area contributed by atoms with Gasteiger partial charge in [-0.1, -0.05) is 41.9 Å². The number of benzene rings is 2. The van der Waals surface area contributed by atoms with E-state index in [-0.39, 0.29) is 5.91 Å². The number of imidazole rings is 1. The number of aryl methyl sites for hydroxylation is 1. The molecule has 0 bridgehead atoms. The van der Waals surface area contributed by atoms with Crippen molar-refractivity contribution in [3.63, 3.8) is 0 Å². The van der Waals surface area contributed by atoms with Crippen molar-refractivity contribution >= 4 is 28.8 Å². The molecule has 1 amide bonds. The molecule has 4 rings (SSSR count). The molecule has 5 heteroatoms.